The molecule has 1 heterocycles. The molecule has 0 radical (unpaired) electrons. The van der Waals surface area contributed by atoms with Crippen LogP contribution in [0.25, 0.3) is 0 Å². The molecule has 0 atom stereocenters. The van der Waals surface area contributed by atoms with Crippen molar-refractivity contribution in [3.05, 3.63) is 41.6 Å². The molecule has 7 heteroatoms. The molecule has 1 aromatic carbocycles. The molecule has 0 amide bonds. The lowest BCUT2D eigenvalue weighted by molar-refractivity contribution is -0.137. The van der Waals surface area contributed by atoms with Crippen molar-refractivity contribution < 1.29 is 17.9 Å². The lowest BCUT2D eigenvalue weighted by atomic mass is 10.0. The highest BCUT2D eigenvalue weighted by molar-refractivity contribution is 5.66. The van der Waals surface area contributed by atoms with E-state index in [2.05, 4.69) is 16.9 Å². The summed E-state index contributed by atoms with van der Waals surface area (Å²) in [5.74, 6) is -0.175. The Morgan fingerprint density at radius 1 is 1.10 bits per heavy atom. The first-order valence-corrected chi connectivity index (χ1v) is 10.8. The van der Waals surface area contributed by atoms with Gasteiger partial charge in [-0.15, -0.1) is 0 Å². The van der Waals surface area contributed by atoms with E-state index in [1.54, 1.807) is 7.05 Å². The van der Waals surface area contributed by atoms with Crippen molar-refractivity contribution in [2.75, 3.05) is 11.9 Å². The third-order valence-corrected chi connectivity index (χ3v) is 5.60. The molecule has 1 aromatic heterocycles. The second-order valence-corrected chi connectivity index (χ2v) is 7.91. The SMILES string of the molecule is CCCCCCc1ccccc1N(C)c1nc(OC2CCCC2)ncc1C(F)(F)F. The molecule has 0 aliphatic heterocycles. The molecule has 0 saturated heterocycles. The van der Waals surface area contributed by atoms with Crippen molar-refractivity contribution >= 4 is 11.5 Å². The molecule has 0 spiro atoms. The van der Waals surface area contributed by atoms with Gasteiger partial charge in [-0.25, -0.2) is 4.98 Å². The van der Waals surface area contributed by atoms with E-state index in [0.717, 1.165) is 75.2 Å². The van der Waals surface area contributed by atoms with Crippen molar-refractivity contribution in [3.63, 3.8) is 0 Å². The average Bonchev–Trinajstić information content (AvgIpc) is 3.23. The van der Waals surface area contributed by atoms with Crippen molar-refractivity contribution in [2.45, 2.75) is 77.0 Å². The number of aryl methyl sites for hydroxylation is 1. The quantitative estimate of drug-likeness (QED) is 0.422. The van der Waals surface area contributed by atoms with Gasteiger partial charge in [0.1, 0.15) is 11.7 Å². The molecule has 1 saturated carbocycles. The molecule has 0 bridgehead atoms. The normalized spacial score (nSPS) is 14.8. The maximum atomic E-state index is 13.7. The smallest absolute Gasteiger partial charge is 0.421 e. The van der Waals surface area contributed by atoms with Crippen LogP contribution in [0.3, 0.4) is 0 Å². The Labute approximate surface area is 176 Å². The minimum Gasteiger partial charge on any atom is -0.460 e. The number of benzene rings is 1. The fourth-order valence-corrected chi connectivity index (χ4v) is 3.93. The van der Waals surface area contributed by atoms with Crippen LogP contribution < -0.4 is 9.64 Å². The summed E-state index contributed by atoms with van der Waals surface area (Å²) >= 11 is 0. The number of hydrogen-bond acceptors (Lipinski definition) is 4. The average molecular weight is 422 g/mol. The molecule has 0 unspecified atom stereocenters. The van der Waals surface area contributed by atoms with Gasteiger partial charge in [0.25, 0.3) is 0 Å². The predicted octanol–water partition coefficient (Wildman–Crippen LogP) is 6.71. The number of halogens is 3. The summed E-state index contributed by atoms with van der Waals surface area (Å²) in [6, 6.07) is 7.59. The third-order valence-electron chi connectivity index (χ3n) is 5.60. The van der Waals surface area contributed by atoms with Gasteiger partial charge in [0.15, 0.2) is 5.82 Å². The van der Waals surface area contributed by atoms with Gasteiger partial charge < -0.3 is 9.64 Å². The van der Waals surface area contributed by atoms with Gasteiger partial charge in [-0.1, -0.05) is 44.4 Å². The lowest BCUT2D eigenvalue weighted by Crippen LogP contribution is -2.21. The highest BCUT2D eigenvalue weighted by Crippen LogP contribution is 2.39. The van der Waals surface area contributed by atoms with Gasteiger partial charge in [-0.2, -0.15) is 18.2 Å². The number of aromatic nitrogens is 2. The van der Waals surface area contributed by atoms with Gasteiger partial charge in [0.05, 0.1) is 0 Å². The van der Waals surface area contributed by atoms with E-state index < -0.39 is 11.7 Å². The van der Waals surface area contributed by atoms with Crippen LogP contribution in [0.2, 0.25) is 0 Å². The van der Waals surface area contributed by atoms with Crippen LogP contribution in [0.1, 0.15) is 69.4 Å². The van der Waals surface area contributed by atoms with Gasteiger partial charge in [-0.3, -0.25) is 0 Å². The van der Waals surface area contributed by atoms with Crippen LogP contribution in [0.4, 0.5) is 24.7 Å². The number of rotatable bonds is 9. The molecule has 1 aliphatic rings. The van der Waals surface area contributed by atoms with Crippen molar-refractivity contribution in [2.24, 2.45) is 0 Å². The van der Waals surface area contributed by atoms with E-state index in [1.807, 2.05) is 24.3 Å². The zero-order valence-corrected chi connectivity index (χ0v) is 17.7. The number of alkyl halides is 3. The highest BCUT2D eigenvalue weighted by Gasteiger charge is 2.37. The van der Waals surface area contributed by atoms with Crippen LogP contribution in [-0.4, -0.2) is 23.1 Å². The molecule has 2 aromatic rings. The predicted molar refractivity (Wildman–Crippen MR) is 112 cm³/mol. The van der Waals surface area contributed by atoms with E-state index in [9.17, 15) is 13.2 Å². The molecular weight excluding hydrogens is 391 g/mol. The molecule has 0 N–H and O–H groups in total. The van der Waals surface area contributed by atoms with Gasteiger partial charge in [0.2, 0.25) is 0 Å². The fourth-order valence-electron chi connectivity index (χ4n) is 3.93. The van der Waals surface area contributed by atoms with Gasteiger partial charge >= 0.3 is 12.2 Å². The summed E-state index contributed by atoms with van der Waals surface area (Å²) in [7, 11) is 1.63. The summed E-state index contributed by atoms with van der Waals surface area (Å²) in [6.45, 7) is 2.15. The maximum absolute atomic E-state index is 13.7. The minimum absolute atomic E-state index is 0.0113. The first-order chi connectivity index (χ1) is 14.4. The Bertz CT molecular complexity index is 820. The van der Waals surface area contributed by atoms with E-state index in [-0.39, 0.29) is 17.9 Å². The molecular formula is C23H30F3N3O. The topological polar surface area (TPSA) is 38.2 Å². The molecule has 164 valence electrons. The summed E-state index contributed by atoms with van der Waals surface area (Å²) in [5.41, 5.74) is 0.885. The maximum Gasteiger partial charge on any atom is 0.421 e. The summed E-state index contributed by atoms with van der Waals surface area (Å²) in [6.07, 6.45) is 5.38. The molecule has 3 rings (SSSR count). The number of anilines is 2. The van der Waals surface area contributed by atoms with Crippen LogP contribution in [0, 0.1) is 0 Å². The largest absolute Gasteiger partial charge is 0.460 e. The Hall–Kier alpha value is -2.31. The van der Waals surface area contributed by atoms with E-state index >= 15 is 0 Å². The first-order valence-electron chi connectivity index (χ1n) is 10.8. The Balaban J connectivity index is 1.90. The first kappa shape index (κ1) is 22.4. The second-order valence-electron chi connectivity index (χ2n) is 7.91. The zero-order chi connectivity index (χ0) is 21.6. The Morgan fingerprint density at radius 2 is 1.83 bits per heavy atom. The van der Waals surface area contributed by atoms with Crippen molar-refractivity contribution in [1.29, 1.82) is 0 Å². The molecule has 30 heavy (non-hydrogen) atoms. The minimum atomic E-state index is -4.55. The van der Waals surface area contributed by atoms with E-state index in [1.165, 1.54) is 4.90 Å². The molecule has 4 nitrogen and oxygen atoms in total. The van der Waals surface area contributed by atoms with Crippen LogP contribution in [-0.2, 0) is 12.6 Å². The second kappa shape index (κ2) is 10.1. The Kier molecular flexibility index (Phi) is 7.56. The van der Waals surface area contributed by atoms with Crippen molar-refractivity contribution in [3.8, 4) is 6.01 Å². The Morgan fingerprint density at radius 3 is 2.53 bits per heavy atom. The van der Waals surface area contributed by atoms with E-state index in [0.29, 0.717) is 0 Å². The molecule has 1 fully saturated rings. The number of para-hydroxylation sites is 1. The van der Waals surface area contributed by atoms with E-state index in [4.69, 9.17) is 4.74 Å². The van der Waals surface area contributed by atoms with Crippen molar-refractivity contribution in [1.82, 2.24) is 9.97 Å². The van der Waals surface area contributed by atoms with Crippen LogP contribution in [0.5, 0.6) is 6.01 Å². The summed E-state index contributed by atoms with van der Waals surface area (Å²) < 4.78 is 46.9. The van der Waals surface area contributed by atoms with Crippen LogP contribution in [0.15, 0.2) is 30.5 Å². The third kappa shape index (κ3) is 5.64. The zero-order valence-electron chi connectivity index (χ0n) is 17.7. The fraction of sp³-hybridized carbons (Fsp3) is 0.565. The number of unbranched alkanes of at least 4 members (excludes halogenated alkanes) is 3. The highest BCUT2D eigenvalue weighted by atomic mass is 19.4. The standard InChI is InChI=1S/C23H30F3N3O/c1-3-4-5-6-11-17-12-7-10-15-20(17)29(2)21-19(23(24,25)26)16-27-22(28-21)30-18-13-8-9-14-18/h7,10,12,15-16,18H,3-6,8-9,11,13-14H2,1-2H3. The monoisotopic (exact) mass is 421 g/mol. The number of nitrogens with zero attached hydrogens (tertiary/aromatic N) is 3. The number of hydrogen-bond donors (Lipinski definition) is 0. The van der Waals surface area contributed by atoms with Gasteiger partial charge in [-0.05, 0) is 50.2 Å². The summed E-state index contributed by atoms with van der Waals surface area (Å²) in [4.78, 5) is 9.58. The lowest BCUT2D eigenvalue weighted by Gasteiger charge is -2.25. The van der Waals surface area contributed by atoms with Gasteiger partial charge in [0, 0.05) is 18.9 Å². The van der Waals surface area contributed by atoms with Crippen LogP contribution >= 0.6 is 0 Å². The number of ether oxygens (including phenoxy) is 1. The summed E-state index contributed by atoms with van der Waals surface area (Å²) in [5, 5.41) is 0. The molecule has 1 aliphatic carbocycles.